The van der Waals surface area contributed by atoms with Gasteiger partial charge in [-0.3, -0.25) is 4.99 Å². The summed E-state index contributed by atoms with van der Waals surface area (Å²) in [6.07, 6.45) is 4.36. The van der Waals surface area contributed by atoms with Gasteiger partial charge >= 0.3 is 0 Å². The highest BCUT2D eigenvalue weighted by Crippen LogP contribution is 2.28. The molecule has 62 valence electrons. The average Bonchev–Trinajstić information content (AvgIpc) is 2.57. The first-order valence-electron chi connectivity index (χ1n) is 4.45. The van der Waals surface area contributed by atoms with Gasteiger partial charge < -0.3 is 0 Å². The topological polar surface area (TPSA) is 12.4 Å². The summed E-state index contributed by atoms with van der Waals surface area (Å²) in [6.45, 7) is 2.16. The number of aliphatic imine (C=N–C) groups is 1. The molecule has 1 heteroatoms. The number of nitrogens with zero attached hydrogens (tertiary/aromatic N) is 1. The van der Waals surface area contributed by atoms with Crippen LogP contribution in [0.25, 0.3) is 0 Å². The minimum atomic E-state index is 0.436. The fourth-order valence-electron chi connectivity index (χ4n) is 1.71. The fraction of sp³-hybridized carbons (Fsp3) is 0.364. The third kappa shape index (κ3) is 1.27. The van der Waals surface area contributed by atoms with Crippen molar-refractivity contribution in [1.29, 1.82) is 0 Å². The summed E-state index contributed by atoms with van der Waals surface area (Å²) in [5, 5.41) is 0. The summed E-state index contributed by atoms with van der Waals surface area (Å²) in [7, 11) is 0. The molecule has 1 aliphatic rings. The van der Waals surface area contributed by atoms with Gasteiger partial charge in [-0.25, -0.2) is 0 Å². The number of aryl methyl sites for hydroxylation is 1. The van der Waals surface area contributed by atoms with Crippen molar-refractivity contribution in [2.75, 3.05) is 0 Å². The molecule has 0 spiro atoms. The van der Waals surface area contributed by atoms with Gasteiger partial charge in [-0.05, 0) is 37.1 Å². The molecule has 0 fully saturated rings. The van der Waals surface area contributed by atoms with Gasteiger partial charge in [0.25, 0.3) is 0 Å². The number of benzene rings is 1. The van der Waals surface area contributed by atoms with Crippen molar-refractivity contribution >= 4 is 6.21 Å². The van der Waals surface area contributed by atoms with Crippen molar-refractivity contribution in [3.63, 3.8) is 0 Å². The molecule has 12 heavy (non-hydrogen) atoms. The molecule has 1 nitrogen and oxygen atoms in total. The van der Waals surface area contributed by atoms with Gasteiger partial charge in [0.2, 0.25) is 0 Å². The maximum Gasteiger partial charge on any atom is 0.0751 e. The first kappa shape index (κ1) is 7.53. The molecule has 1 aliphatic heterocycles. The Morgan fingerprint density at radius 3 is 2.83 bits per heavy atom. The molecule has 0 aliphatic carbocycles. The Kier molecular flexibility index (Phi) is 1.94. The molecular formula is C11H13N. The van der Waals surface area contributed by atoms with E-state index >= 15 is 0 Å². The molecule has 2 rings (SSSR count). The lowest BCUT2D eigenvalue weighted by Gasteiger charge is -2.09. The first-order chi connectivity index (χ1) is 5.88. The van der Waals surface area contributed by atoms with E-state index in [0.717, 1.165) is 6.42 Å². The van der Waals surface area contributed by atoms with Crippen LogP contribution in [0.2, 0.25) is 0 Å². The zero-order chi connectivity index (χ0) is 8.39. The molecular weight excluding hydrogens is 146 g/mol. The molecule has 0 amide bonds. The summed E-state index contributed by atoms with van der Waals surface area (Å²) >= 11 is 0. The standard InChI is InChI=1S/C11H13N/c1-9-5-2-3-6-10(9)11-7-4-8-12-11/h2-3,5-6,8,11H,4,7H2,1H3. The van der Waals surface area contributed by atoms with Crippen LogP contribution in [0.1, 0.15) is 30.0 Å². The van der Waals surface area contributed by atoms with Gasteiger partial charge in [0.15, 0.2) is 0 Å². The van der Waals surface area contributed by atoms with Crippen molar-refractivity contribution < 1.29 is 0 Å². The van der Waals surface area contributed by atoms with Gasteiger partial charge in [-0.1, -0.05) is 24.3 Å². The molecule has 0 saturated heterocycles. The molecule has 0 radical (unpaired) electrons. The molecule has 0 N–H and O–H groups in total. The van der Waals surface area contributed by atoms with E-state index in [1.54, 1.807) is 0 Å². The number of hydrogen-bond acceptors (Lipinski definition) is 1. The molecule has 1 aromatic carbocycles. The summed E-state index contributed by atoms with van der Waals surface area (Å²) < 4.78 is 0. The van der Waals surface area contributed by atoms with Crippen molar-refractivity contribution in [1.82, 2.24) is 0 Å². The van der Waals surface area contributed by atoms with E-state index < -0.39 is 0 Å². The monoisotopic (exact) mass is 159 g/mol. The molecule has 1 atom stereocenters. The Bertz CT molecular complexity index is 302. The summed E-state index contributed by atoms with van der Waals surface area (Å²) in [5.74, 6) is 0. The number of hydrogen-bond donors (Lipinski definition) is 0. The Labute approximate surface area is 73.1 Å². The van der Waals surface area contributed by atoms with Gasteiger partial charge in [-0.2, -0.15) is 0 Å². The van der Waals surface area contributed by atoms with Crippen molar-refractivity contribution in [2.24, 2.45) is 4.99 Å². The normalized spacial score (nSPS) is 21.6. The Morgan fingerprint density at radius 2 is 2.17 bits per heavy atom. The van der Waals surface area contributed by atoms with E-state index in [4.69, 9.17) is 0 Å². The van der Waals surface area contributed by atoms with Crippen LogP contribution in [0.5, 0.6) is 0 Å². The molecule has 1 unspecified atom stereocenters. The predicted octanol–water partition coefficient (Wildman–Crippen LogP) is 2.90. The second kappa shape index (κ2) is 3.10. The van der Waals surface area contributed by atoms with Gasteiger partial charge in [0, 0.05) is 0 Å². The zero-order valence-electron chi connectivity index (χ0n) is 7.33. The minimum Gasteiger partial charge on any atom is -0.289 e. The van der Waals surface area contributed by atoms with Crippen LogP contribution in [0.3, 0.4) is 0 Å². The Balaban J connectivity index is 2.33. The van der Waals surface area contributed by atoms with E-state index in [9.17, 15) is 0 Å². The molecule has 0 saturated carbocycles. The van der Waals surface area contributed by atoms with E-state index in [0.29, 0.717) is 6.04 Å². The van der Waals surface area contributed by atoms with E-state index in [1.165, 1.54) is 17.5 Å². The maximum atomic E-state index is 4.44. The molecule has 0 bridgehead atoms. The number of rotatable bonds is 1. The molecule has 1 heterocycles. The van der Waals surface area contributed by atoms with Crippen LogP contribution < -0.4 is 0 Å². The average molecular weight is 159 g/mol. The quantitative estimate of drug-likeness (QED) is 0.597. The van der Waals surface area contributed by atoms with Crippen LogP contribution >= 0.6 is 0 Å². The predicted molar refractivity (Wildman–Crippen MR) is 51.6 cm³/mol. The van der Waals surface area contributed by atoms with E-state index in [-0.39, 0.29) is 0 Å². The maximum absolute atomic E-state index is 4.44. The van der Waals surface area contributed by atoms with Crippen LogP contribution in [-0.4, -0.2) is 6.21 Å². The summed E-state index contributed by atoms with van der Waals surface area (Å²) in [4.78, 5) is 4.44. The fourth-order valence-corrected chi connectivity index (χ4v) is 1.71. The SMILES string of the molecule is Cc1ccccc1C1CCC=N1. The zero-order valence-corrected chi connectivity index (χ0v) is 7.33. The van der Waals surface area contributed by atoms with Gasteiger partial charge in [-0.15, -0.1) is 0 Å². The third-order valence-electron chi connectivity index (χ3n) is 2.40. The first-order valence-corrected chi connectivity index (χ1v) is 4.45. The molecule has 1 aromatic rings. The third-order valence-corrected chi connectivity index (χ3v) is 2.40. The minimum absolute atomic E-state index is 0.436. The molecule has 0 aromatic heterocycles. The van der Waals surface area contributed by atoms with Crippen LogP contribution in [-0.2, 0) is 0 Å². The summed E-state index contributed by atoms with van der Waals surface area (Å²) in [6, 6.07) is 8.95. The second-order valence-corrected chi connectivity index (χ2v) is 3.28. The van der Waals surface area contributed by atoms with Crippen molar-refractivity contribution in [2.45, 2.75) is 25.8 Å². The van der Waals surface area contributed by atoms with Crippen LogP contribution in [0, 0.1) is 6.92 Å². The summed E-state index contributed by atoms with van der Waals surface area (Å²) in [5.41, 5.74) is 2.76. The van der Waals surface area contributed by atoms with Gasteiger partial charge in [0.1, 0.15) is 0 Å². The van der Waals surface area contributed by atoms with Crippen molar-refractivity contribution in [3.8, 4) is 0 Å². The van der Waals surface area contributed by atoms with Crippen molar-refractivity contribution in [3.05, 3.63) is 35.4 Å². The smallest absolute Gasteiger partial charge is 0.0751 e. The van der Waals surface area contributed by atoms with Gasteiger partial charge in [0.05, 0.1) is 6.04 Å². The lowest BCUT2D eigenvalue weighted by molar-refractivity contribution is 0.718. The second-order valence-electron chi connectivity index (χ2n) is 3.28. The van der Waals surface area contributed by atoms with Crippen LogP contribution in [0.15, 0.2) is 29.3 Å². The van der Waals surface area contributed by atoms with E-state index in [2.05, 4.69) is 36.2 Å². The highest BCUT2D eigenvalue weighted by molar-refractivity contribution is 5.60. The Morgan fingerprint density at radius 1 is 1.33 bits per heavy atom. The van der Waals surface area contributed by atoms with Crippen LogP contribution in [0.4, 0.5) is 0 Å². The lowest BCUT2D eigenvalue weighted by Crippen LogP contribution is -1.93. The Hall–Kier alpha value is -1.11. The van der Waals surface area contributed by atoms with E-state index in [1.807, 2.05) is 6.21 Å². The highest BCUT2D eigenvalue weighted by Gasteiger charge is 2.13. The lowest BCUT2D eigenvalue weighted by atomic mass is 10.0. The highest BCUT2D eigenvalue weighted by atomic mass is 14.8. The largest absolute Gasteiger partial charge is 0.289 e.